The normalized spacial score (nSPS) is 10.2. The van der Waals surface area contributed by atoms with Crippen molar-refractivity contribution >= 4 is 16.8 Å². The van der Waals surface area contributed by atoms with Crippen LogP contribution in [0, 0.1) is 11.3 Å². The molecular formula is C14H15N3O2. The number of fused-ring (bicyclic) bond motifs is 1. The minimum absolute atomic E-state index is 0.0913. The Morgan fingerprint density at radius 3 is 2.89 bits per heavy atom. The molecule has 2 aromatic rings. The summed E-state index contributed by atoms with van der Waals surface area (Å²) in [6.07, 6.45) is 0. The highest BCUT2D eigenvalue weighted by Crippen LogP contribution is 2.21. The number of amides is 1. The highest BCUT2D eigenvalue weighted by molar-refractivity contribution is 5.98. The van der Waals surface area contributed by atoms with Gasteiger partial charge in [-0.3, -0.25) is 4.79 Å². The maximum absolute atomic E-state index is 12.2. The predicted octanol–water partition coefficient (Wildman–Crippen LogP) is 2.16. The Labute approximate surface area is 111 Å². The van der Waals surface area contributed by atoms with Crippen molar-refractivity contribution in [1.29, 1.82) is 5.26 Å². The molecule has 1 aromatic carbocycles. The third kappa shape index (κ3) is 2.52. The third-order valence-corrected chi connectivity index (χ3v) is 2.99. The van der Waals surface area contributed by atoms with Crippen LogP contribution >= 0.6 is 0 Å². The molecule has 0 saturated heterocycles. The number of hydrogen-bond acceptors (Lipinski definition) is 3. The van der Waals surface area contributed by atoms with Crippen LogP contribution in [0.25, 0.3) is 10.9 Å². The van der Waals surface area contributed by atoms with Gasteiger partial charge in [0.05, 0.1) is 13.2 Å². The molecule has 2 rings (SSSR count). The lowest BCUT2D eigenvalue weighted by atomic mass is 10.2. The van der Waals surface area contributed by atoms with Crippen LogP contribution in [-0.2, 0) is 0 Å². The molecule has 1 N–H and O–H groups in total. The number of hydrogen-bond donors (Lipinski definition) is 1. The molecule has 1 heterocycles. The molecule has 0 atom stereocenters. The van der Waals surface area contributed by atoms with E-state index in [1.807, 2.05) is 31.2 Å². The first-order valence-electron chi connectivity index (χ1n) is 6.02. The predicted molar refractivity (Wildman–Crippen MR) is 72.0 cm³/mol. The van der Waals surface area contributed by atoms with Crippen molar-refractivity contribution in [2.75, 3.05) is 20.2 Å². The highest BCUT2D eigenvalue weighted by Gasteiger charge is 2.16. The van der Waals surface area contributed by atoms with Gasteiger partial charge in [0.15, 0.2) is 0 Å². The van der Waals surface area contributed by atoms with Gasteiger partial charge in [0.25, 0.3) is 5.91 Å². The first kappa shape index (κ1) is 13.0. The second-order valence-electron chi connectivity index (χ2n) is 4.11. The van der Waals surface area contributed by atoms with Crippen molar-refractivity contribution in [3.05, 3.63) is 30.0 Å². The monoisotopic (exact) mass is 257 g/mol. The minimum Gasteiger partial charge on any atom is -0.497 e. The van der Waals surface area contributed by atoms with Crippen molar-refractivity contribution in [2.24, 2.45) is 0 Å². The van der Waals surface area contributed by atoms with Crippen LogP contribution in [0.5, 0.6) is 5.75 Å². The number of aromatic nitrogens is 1. The number of rotatable bonds is 4. The van der Waals surface area contributed by atoms with E-state index in [0.717, 1.165) is 16.7 Å². The van der Waals surface area contributed by atoms with Crippen LogP contribution in [0.4, 0.5) is 0 Å². The molecule has 0 saturated carbocycles. The van der Waals surface area contributed by atoms with Gasteiger partial charge in [0, 0.05) is 23.5 Å². The van der Waals surface area contributed by atoms with Crippen LogP contribution in [0.2, 0.25) is 0 Å². The number of nitrogens with zero attached hydrogens (tertiary/aromatic N) is 2. The zero-order valence-corrected chi connectivity index (χ0v) is 10.9. The average Bonchev–Trinajstić information content (AvgIpc) is 2.86. The molecule has 0 unspecified atom stereocenters. The molecule has 0 aliphatic carbocycles. The number of benzene rings is 1. The molecule has 0 aliphatic heterocycles. The van der Waals surface area contributed by atoms with Crippen LogP contribution in [0.15, 0.2) is 24.3 Å². The zero-order chi connectivity index (χ0) is 13.8. The van der Waals surface area contributed by atoms with E-state index in [2.05, 4.69) is 4.98 Å². The molecule has 0 spiro atoms. The molecule has 5 heteroatoms. The Morgan fingerprint density at radius 2 is 2.26 bits per heavy atom. The number of ether oxygens (including phenoxy) is 1. The molecule has 1 aromatic heterocycles. The number of aromatic amines is 1. The van der Waals surface area contributed by atoms with Gasteiger partial charge in [-0.05, 0) is 25.1 Å². The SMILES string of the molecule is CCN(CC#N)C(=O)c1cc2ccc(OC)cc2[nH]1. The van der Waals surface area contributed by atoms with Gasteiger partial charge >= 0.3 is 0 Å². The van der Waals surface area contributed by atoms with Crippen LogP contribution in [0.1, 0.15) is 17.4 Å². The van der Waals surface area contributed by atoms with Crippen molar-refractivity contribution in [3.8, 4) is 11.8 Å². The molecule has 0 fully saturated rings. The number of H-pyrrole nitrogens is 1. The van der Waals surface area contributed by atoms with Crippen molar-refractivity contribution in [2.45, 2.75) is 6.92 Å². The summed E-state index contributed by atoms with van der Waals surface area (Å²) in [4.78, 5) is 16.8. The number of carbonyl (C=O) groups is 1. The van der Waals surface area contributed by atoms with E-state index in [1.54, 1.807) is 13.2 Å². The fraction of sp³-hybridized carbons (Fsp3) is 0.286. The molecule has 1 amide bonds. The lowest BCUT2D eigenvalue weighted by Crippen LogP contribution is -2.31. The smallest absolute Gasteiger partial charge is 0.271 e. The Bertz CT molecular complexity index is 640. The molecule has 5 nitrogen and oxygen atoms in total. The van der Waals surface area contributed by atoms with Crippen molar-refractivity contribution in [1.82, 2.24) is 9.88 Å². The fourth-order valence-corrected chi connectivity index (χ4v) is 1.93. The molecule has 98 valence electrons. The first-order chi connectivity index (χ1) is 9.19. The van der Waals surface area contributed by atoms with E-state index in [0.29, 0.717) is 12.2 Å². The van der Waals surface area contributed by atoms with Crippen molar-refractivity contribution < 1.29 is 9.53 Å². The quantitative estimate of drug-likeness (QED) is 0.853. The van der Waals surface area contributed by atoms with Gasteiger partial charge in [-0.15, -0.1) is 0 Å². The Kier molecular flexibility index (Phi) is 3.71. The summed E-state index contributed by atoms with van der Waals surface area (Å²) in [6, 6.07) is 9.36. The maximum atomic E-state index is 12.2. The molecule has 19 heavy (non-hydrogen) atoms. The number of carbonyl (C=O) groups excluding carboxylic acids is 1. The van der Waals surface area contributed by atoms with Gasteiger partial charge in [-0.1, -0.05) is 0 Å². The summed E-state index contributed by atoms with van der Waals surface area (Å²) >= 11 is 0. The summed E-state index contributed by atoms with van der Waals surface area (Å²) in [5.74, 6) is 0.567. The number of nitriles is 1. The van der Waals surface area contributed by atoms with Crippen LogP contribution in [0.3, 0.4) is 0 Å². The fourth-order valence-electron chi connectivity index (χ4n) is 1.93. The summed E-state index contributed by atoms with van der Waals surface area (Å²) in [6.45, 7) is 2.44. The average molecular weight is 257 g/mol. The largest absolute Gasteiger partial charge is 0.497 e. The maximum Gasteiger partial charge on any atom is 0.271 e. The molecular weight excluding hydrogens is 242 g/mol. The van der Waals surface area contributed by atoms with Gasteiger partial charge < -0.3 is 14.6 Å². The Balaban J connectivity index is 2.35. The summed E-state index contributed by atoms with van der Waals surface area (Å²) in [7, 11) is 1.60. The van der Waals surface area contributed by atoms with E-state index >= 15 is 0 Å². The van der Waals surface area contributed by atoms with E-state index < -0.39 is 0 Å². The van der Waals surface area contributed by atoms with Crippen molar-refractivity contribution in [3.63, 3.8) is 0 Å². The standard InChI is InChI=1S/C14H15N3O2/c1-3-17(7-6-15)14(18)13-8-10-4-5-11(19-2)9-12(10)16-13/h4-5,8-9,16H,3,7H2,1-2H3. The minimum atomic E-state index is -0.167. The number of methoxy groups -OCH3 is 1. The van der Waals surface area contributed by atoms with E-state index in [-0.39, 0.29) is 12.5 Å². The Morgan fingerprint density at radius 1 is 1.47 bits per heavy atom. The molecule has 0 bridgehead atoms. The Hall–Kier alpha value is -2.48. The zero-order valence-electron chi connectivity index (χ0n) is 10.9. The highest BCUT2D eigenvalue weighted by atomic mass is 16.5. The molecule has 0 radical (unpaired) electrons. The third-order valence-electron chi connectivity index (χ3n) is 2.99. The number of nitrogens with one attached hydrogen (secondary N) is 1. The summed E-state index contributed by atoms with van der Waals surface area (Å²) < 4.78 is 5.14. The second-order valence-corrected chi connectivity index (χ2v) is 4.11. The topological polar surface area (TPSA) is 69.1 Å². The lowest BCUT2D eigenvalue weighted by molar-refractivity contribution is 0.0779. The van der Waals surface area contributed by atoms with Gasteiger partial charge in [-0.25, -0.2) is 0 Å². The van der Waals surface area contributed by atoms with Gasteiger partial charge in [0.1, 0.15) is 18.0 Å². The van der Waals surface area contributed by atoms with Crippen LogP contribution in [-0.4, -0.2) is 36.0 Å². The molecule has 0 aliphatic rings. The summed E-state index contributed by atoms with van der Waals surface area (Å²) in [5, 5.41) is 9.64. The first-order valence-corrected chi connectivity index (χ1v) is 6.02. The van der Waals surface area contributed by atoms with Gasteiger partial charge in [-0.2, -0.15) is 5.26 Å². The van der Waals surface area contributed by atoms with E-state index in [4.69, 9.17) is 10.00 Å². The van der Waals surface area contributed by atoms with Gasteiger partial charge in [0.2, 0.25) is 0 Å². The lowest BCUT2D eigenvalue weighted by Gasteiger charge is -2.15. The van der Waals surface area contributed by atoms with E-state index in [1.165, 1.54) is 4.90 Å². The summed E-state index contributed by atoms with van der Waals surface area (Å²) in [5.41, 5.74) is 1.33. The van der Waals surface area contributed by atoms with Crippen LogP contribution < -0.4 is 4.74 Å². The second kappa shape index (κ2) is 5.44. The van der Waals surface area contributed by atoms with E-state index in [9.17, 15) is 4.79 Å².